The molecule has 0 aromatic carbocycles. The van der Waals surface area contributed by atoms with Crippen molar-refractivity contribution in [3.63, 3.8) is 0 Å². The third-order valence-corrected chi connectivity index (χ3v) is 10.7. The second kappa shape index (κ2) is 17.0. The molecule has 0 aliphatic carbocycles. The van der Waals surface area contributed by atoms with Crippen molar-refractivity contribution in [3.05, 3.63) is 45.1 Å². The molecule has 4 atom stereocenters. The molecule has 2 N–H and O–H groups in total. The predicted octanol–water partition coefficient (Wildman–Crippen LogP) is 5.55. The summed E-state index contributed by atoms with van der Waals surface area (Å²) in [6, 6.07) is 0.739. The second-order valence-corrected chi connectivity index (χ2v) is 15.3. The fourth-order valence-electron chi connectivity index (χ4n) is 6.30. The van der Waals surface area contributed by atoms with Crippen LogP contribution in [0.4, 0.5) is 19.0 Å². The Bertz CT molecular complexity index is 1620. The Labute approximate surface area is 297 Å². The first-order valence-electron chi connectivity index (χ1n) is 16.7. The average molecular weight is 735 g/mol. The van der Waals surface area contributed by atoms with E-state index in [0.29, 0.717) is 68.8 Å². The van der Waals surface area contributed by atoms with Crippen molar-refractivity contribution >= 4 is 44.8 Å². The average Bonchev–Trinajstić information content (AvgIpc) is 3.81. The van der Waals surface area contributed by atoms with E-state index in [-0.39, 0.29) is 11.8 Å². The number of carbonyl (C=O) groups excluding carboxylic acids is 2. The number of hydrogen-bond donors (Lipinski definition) is 2. The van der Waals surface area contributed by atoms with Gasteiger partial charge in [-0.1, -0.05) is 33.0 Å². The molecule has 0 saturated carbocycles. The molecule has 0 unspecified atom stereocenters. The van der Waals surface area contributed by atoms with Gasteiger partial charge in [0.1, 0.15) is 0 Å². The van der Waals surface area contributed by atoms with Crippen molar-refractivity contribution in [3.8, 4) is 0 Å². The van der Waals surface area contributed by atoms with Gasteiger partial charge in [0.25, 0.3) is 0 Å². The van der Waals surface area contributed by atoms with Gasteiger partial charge in [0.15, 0.2) is 21.9 Å². The van der Waals surface area contributed by atoms with Gasteiger partial charge in [-0.25, -0.2) is 0 Å². The number of nitrogens with zero attached hydrogens (tertiary/aromatic N) is 8. The highest BCUT2D eigenvalue weighted by molar-refractivity contribution is 7.16. The van der Waals surface area contributed by atoms with Gasteiger partial charge in [0.05, 0.1) is 9.75 Å². The molecular formula is C32H44F2N10O4S2. The zero-order valence-electron chi connectivity index (χ0n) is 29.2. The molecule has 6 heterocycles. The minimum absolute atomic E-state index is 0.248. The Morgan fingerprint density at radius 1 is 0.720 bits per heavy atom. The maximum Gasteiger partial charge on any atom is 0.230 e. The van der Waals surface area contributed by atoms with Crippen LogP contribution in [0.5, 0.6) is 0 Å². The normalized spacial score (nSPS) is 21.4. The molecule has 2 amide bonds. The summed E-state index contributed by atoms with van der Waals surface area (Å²) in [7, 11) is 0. The first-order valence-corrected chi connectivity index (χ1v) is 18.4. The van der Waals surface area contributed by atoms with Crippen molar-refractivity contribution in [1.82, 2.24) is 40.0 Å². The van der Waals surface area contributed by atoms with Gasteiger partial charge in [0.2, 0.25) is 35.5 Å². The Balaban J connectivity index is 0.000000194. The van der Waals surface area contributed by atoms with E-state index < -0.39 is 11.9 Å². The smallest absolute Gasteiger partial charge is 0.230 e. The molecule has 4 aromatic heterocycles. The van der Waals surface area contributed by atoms with Crippen molar-refractivity contribution in [2.24, 2.45) is 11.8 Å². The summed E-state index contributed by atoms with van der Waals surface area (Å²) in [5.74, 6) is 1.94. The molecule has 6 rings (SSSR count). The van der Waals surface area contributed by atoms with E-state index in [4.69, 9.17) is 9.05 Å². The molecule has 2 saturated heterocycles. The lowest BCUT2D eigenvalue weighted by Crippen LogP contribution is -2.41. The van der Waals surface area contributed by atoms with Gasteiger partial charge >= 0.3 is 0 Å². The molecule has 0 bridgehead atoms. The highest BCUT2D eigenvalue weighted by Gasteiger charge is 2.30. The van der Waals surface area contributed by atoms with Crippen LogP contribution in [0.3, 0.4) is 0 Å². The number of halogens is 2. The molecule has 4 aromatic rings. The van der Waals surface area contributed by atoms with E-state index in [1.165, 1.54) is 36.5 Å². The number of amides is 2. The van der Waals surface area contributed by atoms with Crippen molar-refractivity contribution < 1.29 is 27.4 Å². The Hall–Kier alpha value is -3.74. The lowest BCUT2D eigenvalue weighted by Gasteiger charge is -2.37. The number of thiazole rings is 2. The SMILES string of the molecule is CC(=O)Nc1nc(F)c(CN2C[C@@H](Cc3noc(C)n3)CC[C@@H]2C)s1.CC(=O)Nc1nc(F)c(CN2C[C@H](Cc3noc(C)n3)CC[C@@H]2C)s1. The monoisotopic (exact) mass is 734 g/mol. The van der Waals surface area contributed by atoms with E-state index in [9.17, 15) is 18.4 Å². The van der Waals surface area contributed by atoms with E-state index >= 15 is 0 Å². The van der Waals surface area contributed by atoms with E-state index in [2.05, 4.69) is 64.5 Å². The number of carbonyl (C=O) groups is 2. The first-order chi connectivity index (χ1) is 23.8. The van der Waals surface area contributed by atoms with Gasteiger partial charge < -0.3 is 19.7 Å². The molecule has 2 fully saturated rings. The van der Waals surface area contributed by atoms with Crippen LogP contribution in [0.25, 0.3) is 0 Å². The summed E-state index contributed by atoms with van der Waals surface area (Å²) >= 11 is 2.39. The molecule has 2 aliphatic rings. The number of anilines is 2. The minimum atomic E-state index is -0.503. The number of aromatic nitrogens is 6. The predicted molar refractivity (Wildman–Crippen MR) is 183 cm³/mol. The summed E-state index contributed by atoms with van der Waals surface area (Å²) in [6.07, 6.45) is 5.80. The zero-order chi connectivity index (χ0) is 35.9. The molecular weight excluding hydrogens is 691 g/mol. The number of nitrogens with one attached hydrogen (secondary N) is 2. The van der Waals surface area contributed by atoms with E-state index in [1.807, 2.05) is 0 Å². The van der Waals surface area contributed by atoms with Gasteiger partial charge in [-0.3, -0.25) is 19.4 Å². The number of piperidine rings is 2. The Morgan fingerprint density at radius 2 is 1.12 bits per heavy atom. The summed E-state index contributed by atoms with van der Waals surface area (Å²) in [5, 5.41) is 13.6. The lowest BCUT2D eigenvalue weighted by molar-refractivity contribution is -0.115. The number of likely N-dealkylation sites (tertiary alicyclic amines) is 2. The standard InChI is InChI=1S/2C16H22FN5O2S/c2*1-9-4-5-12(6-14-19-11(3)24-21-14)7-22(9)8-13-15(17)20-16(25-13)18-10(2)23/h2*9,12H,4-8H2,1-3H3,(H,18,20,23)/t9-,12+;9-,12-/m00/s1. The highest BCUT2D eigenvalue weighted by atomic mass is 32.1. The third-order valence-electron chi connectivity index (χ3n) is 8.86. The van der Waals surface area contributed by atoms with Crippen molar-refractivity contribution in [2.45, 2.75) is 105 Å². The topological polar surface area (TPSA) is 168 Å². The molecule has 14 nitrogen and oxygen atoms in total. The number of hydrogen-bond acceptors (Lipinski definition) is 14. The van der Waals surface area contributed by atoms with Crippen LogP contribution in [-0.4, -0.2) is 77.0 Å². The first kappa shape index (κ1) is 37.5. The number of rotatable bonds is 10. The van der Waals surface area contributed by atoms with Gasteiger partial charge in [-0.05, 0) is 51.4 Å². The van der Waals surface area contributed by atoms with Crippen LogP contribution < -0.4 is 10.6 Å². The van der Waals surface area contributed by atoms with Crippen LogP contribution in [-0.2, 0) is 35.5 Å². The van der Waals surface area contributed by atoms with Crippen LogP contribution in [0.15, 0.2) is 9.05 Å². The zero-order valence-corrected chi connectivity index (χ0v) is 30.8. The Morgan fingerprint density at radius 3 is 1.46 bits per heavy atom. The fraction of sp³-hybridized carbons (Fsp3) is 0.625. The summed E-state index contributed by atoms with van der Waals surface area (Å²) < 4.78 is 38.2. The summed E-state index contributed by atoms with van der Waals surface area (Å²) in [4.78, 5) is 43.9. The molecule has 2 aliphatic heterocycles. The van der Waals surface area contributed by atoms with Crippen molar-refractivity contribution in [1.29, 1.82) is 0 Å². The van der Waals surface area contributed by atoms with Crippen LogP contribution in [0.1, 0.15) is 86.6 Å². The van der Waals surface area contributed by atoms with Crippen molar-refractivity contribution in [2.75, 3.05) is 23.7 Å². The van der Waals surface area contributed by atoms with Crippen LogP contribution in [0.2, 0.25) is 0 Å². The Kier molecular flexibility index (Phi) is 12.7. The molecule has 18 heteroatoms. The van der Waals surface area contributed by atoms with Crippen LogP contribution >= 0.6 is 22.7 Å². The third kappa shape index (κ3) is 10.6. The second-order valence-electron chi connectivity index (χ2n) is 13.1. The van der Waals surface area contributed by atoms with Gasteiger partial charge in [-0.15, -0.1) is 0 Å². The summed E-state index contributed by atoms with van der Waals surface area (Å²) in [6.45, 7) is 13.3. The van der Waals surface area contributed by atoms with E-state index in [0.717, 1.165) is 63.3 Å². The van der Waals surface area contributed by atoms with Gasteiger partial charge in [0, 0.05) is 78.8 Å². The molecule has 0 spiro atoms. The molecule has 0 radical (unpaired) electrons. The maximum atomic E-state index is 14.1. The lowest BCUT2D eigenvalue weighted by atomic mass is 9.90. The van der Waals surface area contributed by atoms with E-state index in [1.54, 1.807) is 13.8 Å². The number of aryl methyl sites for hydroxylation is 2. The maximum absolute atomic E-state index is 14.1. The highest BCUT2D eigenvalue weighted by Crippen LogP contribution is 2.31. The summed E-state index contributed by atoms with van der Waals surface area (Å²) in [5.41, 5.74) is 0. The van der Waals surface area contributed by atoms with Crippen LogP contribution in [0, 0.1) is 37.6 Å². The minimum Gasteiger partial charge on any atom is -0.340 e. The molecule has 50 heavy (non-hydrogen) atoms. The quantitative estimate of drug-likeness (QED) is 0.209. The largest absolute Gasteiger partial charge is 0.340 e. The fourth-order valence-corrected chi connectivity index (χ4v) is 8.13. The molecule has 272 valence electrons. The van der Waals surface area contributed by atoms with Gasteiger partial charge in [-0.2, -0.15) is 28.7 Å².